The number of carboxylic acids is 1. The maximum absolute atomic E-state index is 9.00. The Balaban J connectivity index is 0.000000364. The van der Waals surface area contributed by atoms with E-state index in [2.05, 4.69) is 25.3 Å². The lowest BCUT2D eigenvalue weighted by atomic mass is 10.1. The molecule has 0 amide bonds. The Labute approximate surface area is 88.6 Å². The second kappa shape index (κ2) is 6.56. The quantitative estimate of drug-likeness (QED) is 0.797. The molecule has 0 aliphatic carbocycles. The Morgan fingerprint density at radius 3 is 2.50 bits per heavy atom. The average Bonchev–Trinajstić information content (AvgIpc) is 2.49. The van der Waals surface area contributed by atoms with E-state index in [1.807, 2.05) is 0 Å². The van der Waals surface area contributed by atoms with E-state index in [1.54, 1.807) is 11.3 Å². The van der Waals surface area contributed by atoms with Crippen LogP contribution in [0.5, 0.6) is 0 Å². The Morgan fingerprint density at radius 1 is 1.71 bits per heavy atom. The Hall–Kier alpha value is -0.870. The van der Waals surface area contributed by atoms with Gasteiger partial charge < -0.3 is 10.8 Å². The SMILES string of the molecule is CC(=O)O.CCC(N)c1sccc1C. The Kier molecular flexibility index (Phi) is 6.16. The van der Waals surface area contributed by atoms with Crippen molar-refractivity contribution in [2.45, 2.75) is 33.2 Å². The summed E-state index contributed by atoms with van der Waals surface area (Å²) in [4.78, 5) is 10.3. The van der Waals surface area contributed by atoms with Gasteiger partial charge in [-0.3, -0.25) is 4.79 Å². The van der Waals surface area contributed by atoms with Gasteiger partial charge in [-0.2, -0.15) is 0 Å². The van der Waals surface area contributed by atoms with Gasteiger partial charge in [-0.25, -0.2) is 0 Å². The van der Waals surface area contributed by atoms with Gasteiger partial charge in [-0.1, -0.05) is 6.92 Å². The van der Waals surface area contributed by atoms with Crippen LogP contribution in [0.25, 0.3) is 0 Å². The predicted octanol–water partition coefficient (Wildman–Crippen LogP) is 2.56. The van der Waals surface area contributed by atoms with E-state index in [9.17, 15) is 0 Å². The zero-order chi connectivity index (χ0) is 11.1. The zero-order valence-corrected chi connectivity index (χ0v) is 9.60. The first-order valence-corrected chi connectivity index (χ1v) is 5.36. The molecule has 1 atom stereocenters. The summed E-state index contributed by atoms with van der Waals surface area (Å²) in [7, 11) is 0. The van der Waals surface area contributed by atoms with Crippen LogP contribution in [0.3, 0.4) is 0 Å². The fraction of sp³-hybridized carbons (Fsp3) is 0.500. The summed E-state index contributed by atoms with van der Waals surface area (Å²) in [6.07, 6.45) is 1.03. The summed E-state index contributed by atoms with van der Waals surface area (Å²) < 4.78 is 0. The Bertz CT molecular complexity index is 279. The summed E-state index contributed by atoms with van der Waals surface area (Å²) >= 11 is 1.76. The van der Waals surface area contributed by atoms with Crippen LogP contribution in [-0.2, 0) is 4.79 Å². The number of aliphatic carboxylic acids is 1. The fourth-order valence-corrected chi connectivity index (χ4v) is 1.96. The maximum Gasteiger partial charge on any atom is 0.300 e. The normalized spacial score (nSPS) is 11.4. The highest BCUT2D eigenvalue weighted by Gasteiger charge is 2.06. The molecule has 0 bridgehead atoms. The summed E-state index contributed by atoms with van der Waals surface area (Å²) in [6, 6.07) is 2.37. The van der Waals surface area contributed by atoms with E-state index in [-0.39, 0.29) is 6.04 Å². The van der Waals surface area contributed by atoms with Gasteiger partial charge in [-0.05, 0) is 30.4 Å². The topological polar surface area (TPSA) is 63.3 Å². The highest BCUT2D eigenvalue weighted by molar-refractivity contribution is 7.10. The number of thiophene rings is 1. The van der Waals surface area contributed by atoms with Gasteiger partial charge in [0.15, 0.2) is 0 Å². The third-order valence-electron chi connectivity index (χ3n) is 1.68. The minimum Gasteiger partial charge on any atom is -0.481 e. The van der Waals surface area contributed by atoms with Gasteiger partial charge in [0.2, 0.25) is 0 Å². The summed E-state index contributed by atoms with van der Waals surface area (Å²) in [5.74, 6) is -0.833. The minimum atomic E-state index is -0.833. The first kappa shape index (κ1) is 13.1. The van der Waals surface area contributed by atoms with Crippen molar-refractivity contribution in [1.82, 2.24) is 0 Å². The van der Waals surface area contributed by atoms with E-state index in [4.69, 9.17) is 15.6 Å². The molecular weight excluding hydrogens is 198 g/mol. The molecule has 0 saturated carbocycles. The van der Waals surface area contributed by atoms with Crippen LogP contribution in [0.15, 0.2) is 11.4 Å². The highest BCUT2D eigenvalue weighted by atomic mass is 32.1. The molecule has 0 aromatic carbocycles. The molecule has 0 radical (unpaired) electrons. The van der Waals surface area contributed by atoms with Crippen molar-refractivity contribution in [3.63, 3.8) is 0 Å². The van der Waals surface area contributed by atoms with E-state index in [0.29, 0.717) is 0 Å². The number of aryl methyl sites for hydroxylation is 1. The van der Waals surface area contributed by atoms with Crippen LogP contribution in [0.1, 0.15) is 36.8 Å². The van der Waals surface area contributed by atoms with Crippen LogP contribution < -0.4 is 5.73 Å². The van der Waals surface area contributed by atoms with Crippen molar-refractivity contribution in [3.8, 4) is 0 Å². The predicted molar refractivity (Wildman–Crippen MR) is 59.6 cm³/mol. The summed E-state index contributed by atoms with van der Waals surface area (Å²) in [5.41, 5.74) is 7.18. The molecule has 80 valence electrons. The second-order valence-electron chi connectivity index (χ2n) is 3.00. The van der Waals surface area contributed by atoms with E-state index < -0.39 is 5.97 Å². The number of hydrogen-bond acceptors (Lipinski definition) is 3. The molecule has 0 spiro atoms. The van der Waals surface area contributed by atoms with Crippen molar-refractivity contribution in [3.05, 3.63) is 21.9 Å². The number of nitrogens with two attached hydrogens (primary N) is 1. The molecule has 1 heterocycles. The molecule has 14 heavy (non-hydrogen) atoms. The lowest BCUT2D eigenvalue weighted by Gasteiger charge is -2.06. The zero-order valence-electron chi connectivity index (χ0n) is 8.78. The van der Waals surface area contributed by atoms with Gasteiger partial charge in [0.1, 0.15) is 0 Å². The van der Waals surface area contributed by atoms with E-state index >= 15 is 0 Å². The molecule has 1 aromatic heterocycles. The molecule has 0 aliphatic heterocycles. The van der Waals surface area contributed by atoms with E-state index in [0.717, 1.165) is 13.3 Å². The highest BCUT2D eigenvalue weighted by Crippen LogP contribution is 2.23. The number of hydrogen-bond donors (Lipinski definition) is 2. The third kappa shape index (κ3) is 4.99. The molecule has 1 aromatic rings. The first-order chi connectivity index (χ1) is 6.49. The van der Waals surface area contributed by atoms with Crippen molar-refractivity contribution in [2.75, 3.05) is 0 Å². The van der Waals surface area contributed by atoms with Crippen molar-refractivity contribution in [2.24, 2.45) is 5.73 Å². The smallest absolute Gasteiger partial charge is 0.300 e. The molecule has 1 unspecified atom stereocenters. The molecule has 3 N–H and O–H groups in total. The average molecular weight is 215 g/mol. The monoisotopic (exact) mass is 215 g/mol. The van der Waals surface area contributed by atoms with Crippen LogP contribution in [0, 0.1) is 6.92 Å². The first-order valence-electron chi connectivity index (χ1n) is 4.48. The molecule has 0 aliphatic rings. The van der Waals surface area contributed by atoms with Crippen LogP contribution in [0.4, 0.5) is 0 Å². The molecule has 0 saturated heterocycles. The fourth-order valence-electron chi connectivity index (χ4n) is 0.950. The van der Waals surface area contributed by atoms with Crippen LogP contribution >= 0.6 is 11.3 Å². The largest absolute Gasteiger partial charge is 0.481 e. The standard InChI is InChI=1S/C8H13NS.C2H4O2/c1-3-7(9)8-6(2)4-5-10-8;1-2(3)4/h4-5,7H,3,9H2,1-2H3;1H3,(H,3,4). The van der Waals surface area contributed by atoms with Gasteiger partial charge in [-0.15, -0.1) is 11.3 Å². The van der Waals surface area contributed by atoms with Gasteiger partial charge in [0.25, 0.3) is 5.97 Å². The van der Waals surface area contributed by atoms with E-state index in [1.165, 1.54) is 10.4 Å². The molecule has 1 rings (SSSR count). The lowest BCUT2D eigenvalue weighted by molar-refractivity contribution is -0.134. The summed E-state index contributed by atoms with van der Waals surface area (Å²) in [5, 5.41) is 9.51. The third-order valence-corrected chi connectivity index (χ3v) is 2.83. The van der Waals surface area contributed by atoms with Crippen molar-refractivity contribution < 1.29 is 9.90 Å². The number of rotatable bonds is 2. The Morgan fingerprint density at radius 2 is 2.21 bits per heavy atom. The molecule has 0 fully saturated rings. The molecule has 4 heteroatoms. The second-order valence-corrected chi connectivity index (χ2v) is 3.95. The van der Waals surface area contributed by atoms with Crippen LogP contribution in [0.2, 0.25) is 0 Å². The van der Waals surface area contributed by atoms with Crippen molar-refractivity contribution >= 4 is 17.3 Å². The molecule has 3 nitrogen and oxygen atoms in total. The molecular formula is C10H17NO2S. The summed E-state index contributed by atoms with van der Waals surface area (Å²) in [6.45, 7) is 5.31. The number of carbonyl (C=O) groups is 1. The minimum absolute atomic E-state index is 0.250. The number of carboxylic acid groups (broad SMARTS) is 1. The van der Waals surface area contributed by atoms with Gasteiger partial charge in [0, 0.05) is 17.8 Å². The van der Waals surface area contributed by atoms with Crippen molar-refractivity contribution in [1.29, 1.82) is 0 Å². The maximum atomic E-state index is 9.00. The van der Waals surface area contributed by atoms with Gasteiger partial charge >= 0.3 is 0 Å². The lowest BCUT2D eigenvalue weighted by Crippen LogP contribution is -2.07. The van der Waals surface area contributed by atoms with Gasteiger partial charge in [0.05, 0.1) is 0 Å². The van der Waals surface area contributed by atoms with Crippen LogP contribution in [-0.4, -0.2) is 11.1 Å².